The fourth-order valence-corrected chi connectivity index (χ4v) is 3.75. The van der Waals surface area contributed by atoms with Gasteiger partial charge in [-0.05, 0) is 38.1 Å². The predicted molar refractivity (Wildman–Crippen MR) is 99.7 cm³/mol. The predicted octanol–water partition coefficient (Wildman–Crippen LogP) is 4.07. The summed E-state index contributed by atoms with van der Waals surface area (Å²) in [5.74, 6) is 1.08. The number of imidazole rings is 2. The zero-order chi connectivity index (χ0) is 16.7. The Balaban J connectivity index is 1.74. The molecule has 24 heavy (non-hydrogen) atoms. The molecular formula is C20H28N4. The smallest absolute Gasteiger partial charge is 0.215 e. The van der Waals surface area contributed by atoms with Crippen LogP contribution in [0.2, 0.25) is 0 Å². The fourth-order valence-electron chi connectivity index (χ4n) is 3.75. The lowest BCUT2D eigenvalue weighted by Crippen LogP contribution is -2.32. The number of piperidine rings is 1. The van der Waals surface area contributed by atoms with Crippen LogP contribution in [0.5, 0.6) is 0 Å². The van der Waals surface area contributed by atoms with Crippen LogP contribution in [0.3, 0.4) is 0 Å². The summed E-state index contributed by atoms with van der Waals surface area (Å²) in [7, 11) is 0. The fraction of sp³-hybridized carbons (Fsp3) is 0.550. The Kier molecular flexibility index (Phi) is 3.87. The summed E-state index contributed by atoms with van der Waals surface area (Å²) < 4.78 is 4.67. The number of rotatable bonds is 3. The van der Waals surface area contributed by atoms with Crippen molar-refractivity contribution in [1.29, 1.82) is 0 Å². The van der Waals surface area contributed by atoms with E-state index in [2.05, 4.69) is 65.1 Å². The Morgan fingerprint density at radius 3 is 2.38 bits per heavy atom. The summed E-state index contributed by atoms with van der Waals surface area (Å²) >= 11 is 0. The third-order valence-corrected chi connectivity index (χ3v) is 5.22. The van der Waals surface area contributed by atoms with E-state index >= 15 is 0 Å². The van der Waals surface area contributed by atoms with E-state index in [0.29, 0.717) is 0 Å². The van der Waals surface area contributed by atoms with Crippen molar-refractivity contribution in [3.05, 3.63) is 36.2 Å². The van der Waals surface area contributed by atoms with E-state index in [1.54, 1.807) is 0 Å². The first kappa shape index (κ1) is 15.7. The van der Waals surface area contributed by atoms with Crippen LogP contribution < -0.4 is 0 Å². The molecule has 0 atom stereocenters. The number of hydrogen-bond acceptors (Lipinski definition) is 2. The maximum absolute atomic E-state index is 4.99. The third kappa shape index (κ3) is 2.73. The molecule has 0 spiro atoms. The van der Waals surface area contributed by atoms with Crippen molar-refractivity contribution in [2.45, 2.75) is 52.0 Å². The van der Waals surface area contributed by atoms with Gasteiger partial charge in [0.25, 0.3) is 0 Å². The summed E-state index contributed by atoms with van der Waals surface area (Å²) in [6.07, 6.45) is 6.30. The molecule has 3 heterocycles. The van der Waals surface area contributed by atoms with E-state index in [-0.39, 0.29) is 5.41 Å². The van der Waals surface area contributed by atoms with E-state index in [4.69, 9.17) is 4.98 Å². The zero-order valence-electron chi connectivity index (χ0n) is 15.1. The molecule has 4 rings (SSSR count). The largest absolute Gasteiger partial charge is 0.308 e. The van der Waals surface area contributed by atoms with Gasteiger partial charge >= 0.3 is 0 Å². The lowest BCUT2D eigenvalue weighted by molar-refractivity contribution is 0.222. The van der Waals surface area contributed by atoms with Crippen molar-refractivity contribution >= 4 is 16.8 Å². The number of nitrogens with zero attached hydrogens (tertiary/aromatic N) is 4. The molecule has 128 valence electrons. The number of para-hydroxylation sites is 2. The van der Waals surface area contributed by atoms with Crippen LogP contribution in [0, 0.1) is 0 Å². The highest BCUT2D eigenvalue weighted by Crippen LogP contribution is 2.26. The zero-order valence-corrected chi connectivity index (χ0v) is 15.1. The Bertz CT molecular complexity index is 844. The molecule has 1 aliphatic rings. The average molecular weight is 324 g/mol. The topological polar surface area (TPSA) is 25.5 Å². The van der Waals surface area contributed by atoms with Gasteiger partial charge < -0.3 is 9.47 Å². The van der Waals surface area contributed by atoms with Crippen LogP contribution in [0.25, 0.3) is 16.8 Å². The first-order valence-electron chi connectivity index (χ1n) is 9.23. The Labute approximate surface area is 144 Å². The molecule has 1 fully saturated rings. The van der Waals surface area contributed by atoms with Crippen molar-refractivity contribution in [3.63, 3.8) is 0 Å². The van der Waals surface area contributed by atoms with E-state index in [1.165, 1.54) is 43.4 Å². The van der Waals surface area contributed by atoms with E-state index in [1.807, 2.05) is 0 Å². The lowest BCUT2D eigenvalue weighted by atomic mass is 9.93. The van der Waals surface area contributed by atoms with Crippen LogP contribution in [0.1, 0.15) is 45.7 Å². The molecule has 4 heteroatoms. The molecule has 0 N–H and O–H groups in total. The van der Waals surface area contributed by atoms with Gasteiger partial charge in [0.2, 0.25) is 5.78 Å². The minimum absolute atomic E-state index is 0.0742. The molecular weight excluding hydrogens is 296 g/mol. The molecule has 1 aromatic carbocycles. The number of likely N-dealkylation sites (tertiary alicyclic amines) is 1. The Morgan fingerprint density at radius 2 is 1.67 bits per heavy atom. The highest BCUT2D eigenvalue weighted by molar-refractivity contribution is 5.81. The molecule has 0 saturated carbocycles. The number of hydrogen-bond donors (Lipinski definition) is 0. The molecule has 0 amide bonds. The summed E-state index contributed by atoms with van der Waals surface area (Å²) in [6.45, 7) is 11.3. The summed E-state index contributed by atoms with van der Waals surface area (Å²) in [4.78, 5) is 7.59. The van der Waals surface area contributed by atoms with Gasteiger partial charge in [0, 0.05) is 24.7 Å². The highest BCUT2D eigenvalue weighted by Gasteiger charge is 2.21. The third-order valence-electron chi connectivity index (χ3n) is 5.22. The summed E-state index contributed by atoms with van der Waals surface area (Å²) in [5.41, 5.74) is 3.78. The maximum atomic E-state index is 4.99. The van der Waals surface area contributed by atoms with E-state index in [0.717, 1.165) is 24.6 Å². The SMILES string of the molecule is CC(C)(C)c1cn2c3ccccc3n(CCN3CCCCC3)c2n1. The molecule has 0 aliphatic carbocycles. The van der Waals surface area contributed by atoms with Crippen LogP contribution in [-0.2, 0) is 12.0 Å². The second-order valence-electron chi connectivity index (χ2n) is 8.09. The van der Waals surface area contributed by atoms with Gasteiger partial charge in [-0.1, -0.05) is 39.3 Å². The molecule has 2 aromatic heterocycles. The van der Waals surface area contributed by atoms with Crippen LogP contribution >= 0.6 is 0 Å². The van der Waals surface area contributed by atoms with E-state index in [9.17, 15) is 0 Å². The highest BCUT2D eigenvalue weighted by atomic mass is 15.2. The molecule has 1 saturated heterocycles. The molecule has 0 unspecified atom stereocenters. The van der Waals surface area contributed by atoms with E-state index < -0.39 is 0 Å². The summed E-state index contributed by atoms with van der Waals surface area (Å²) in [5, 5.41) is 0. The maximum Gasteiger partial charge on any atom is 0.215 e. The van der Waals surface area contributed by atoms with Gasteiger partial charge in [-0.3, -0.25) is 4.40 Å². The average Bonchev–Trinajstić information content (AvgIpc) is 3.12. The minimum atomic E-state index is 0.0742. The molecule has 4 nitrogen and oxygen atoms in total. The molecule has 0 radical (unpaired) electrons. The van der Waals surface area contributed by atoms with Gasteiger partial charge in [-0.2, -0.15) is 0 Å². The molecule has 3 aromatic rings. The quantitative estimate of drug-likeness (QED) is 0.725. The van der Waals surface area contributed by atoms with Gasteiger partial charge in [0.1, 0.15) is 0 Å². The number of benzene rings is 1. The Hall–Kier alpha value is -1.81. The molecule has 1 aliphatic heterocycles. The van der Waals surface area contributed by atoms with Crippen molar-refractivity contribution < 1.29 is 0 Å². The van der Waals surface area contributed by atoms with Crippen LogP contribution in [0.4, 0.5) is 0 Å². The monoisotopic (exact) mass is 324 g/mol. The summed E-state index contributed by atoms with van der Waals surface area (Å²) in [6, 6.07) is 8.67. The normalized spacial score (nSPS) is 17.1. The first-order chi connectivity index (χ1) is 11.5. The van der Waals surface area contributed by atoms with Gasteiger partial charge in [0.15, 0.2) is 0 Å². The van der Waals surface area contributed by atoms with Gasteiger partial charge in [-0.25, -0.2) is 4.98 Å². The van der Waals surface area contributed by atoms with Crippen molar-refractivity contribution in [2.24, 2.45) is 0 Å². The molecule has 0 bridgehead atoms. The standard InChI is InChI=1S/C20H28N4/c1-20(2,3)18-15-24-17-10-6-5-9-16(17)23(19(24)21-18)14-13-22-11-7-4-8-12-22/h5-6,9-10,15H,4,7-8,11-14H2,1-3H3. The van der Waals surface area contributed by atoms with Gasteiger partial charge in [-0.15, -0.1) is 0 Å². The lowest BCUT2D eigenvalue weighted by Gasteiger charge is -2.26. The van der Waals surface area contributed by atoms with Crippen molar-refractivity contribution in [3.8, 4) is 0 Å². The number of aromatic nitrogens is 3. The number of fused-ring (bicyclic) bond motifs is 3. The van der Waals surface area contributed by atoms with Crippen molar-refractivity contribution in [2.75, 3.05) is 19.6 Å². The Morgan fingerprint density at radius 1 is 0.958 bits per heavy atom. The second-order valence-corrected chi connectivity index (χ2v) is 8.09. The van der Waals surface area contributed by atoms with Crippen LogP contribution in [0.15, 0.2) is 30.5 Å². The van der Waals surface area contributed by atoms with Gasteiger partial charge in [0.05, 0.1) is 16.7 Å². The minimum Gasteiger partial charge on any atom is -0.308 e. The first-order valence-corrected chi connectivity index (χ1v) is 9.23. The van der Waals surface area contributed by atoms with Crippen LogP contribution in [-0.4, -0.2) is 38.5 Å². The van der Waals surface area contributed by atoms with Crippen molar-refractivity contribution in [1.82, 2.24) is 18.9 Å². The second kappa shape index (κ2) is 5.92.